The molecular weight excluding hydrogens is 203 g/mol. The van der Waals surface area contributed by atoms with E-state index < -0.39 is 17.5 Å². The van der Waals surface area contributed by atoms with Crippen molar-refractivity contribution in [1.82, 2.24) is 5.32 Å². The molecule has 0 saturated carbocycles. The number of halogens is 3. The van der Waals surface area contributed by atoms with Crippen molar-refractivity contribution in [1.29, 1.82) is 0 Å². The van der Waals surface area contributed by atoms with Crippen LogP contribution in [-0.2, 0) is 0 Å². The first-order valence-corrected chi connectivity index (χ1v) is 5.03. The van der Waals surface area contributed by atoms with E-state index in [0.29, 0.717) is 11.6 Å². The highest BCUT2D eigenvalue weighted by Crippen LogP contribution is 2.28. The molecule has 0 aliphatic carbocycles. The predicted molar refractivity (Wildman–Crippen MR) is 51.2 cm³/mol. The van der Waals surface area contributed by atoms with Crippen molar-refractivity contribution < 1.29 is 13.2 Å². The van der Waals surface area contributed by atoms with Crippen molar-refractivity contribution in [2.75, 3.05) is 13.1 Å². The number of benzene rings is 1. The van der Waals surface area contributed by atoms with Crippen molar-refractivity contribution in [3.63, 3.8) is 0 Å². The summed E-state index contributed by atoms with van der Waals surface area (Å²) in [4.78, 5) is 0. The Balaban J connectivity index is 2.30. The summed E-state index contributed by atoms with van der Waals surface area (Å²) in [7, 11) is 0. The van der Waals surface area contributed by atoms with Crippen LogP contribution in [-0.4, -0.2) is 13.1 Å². The Morgan fingerprint density at radius 2 is 1.53 bits per heavy atom. The van der Waals surface area contributed by atoms with Crippen molar-refractivity contribution in [2.45, 2.75) is 18.8 Å². The minimum atomic E-state index is -1.12. The quantitative estimate of drug-likeness (QED) is 0.710. The van der Waals surface area contributed by atoms with E-state index in [-0.39, 0.29) is 5.92 Å². The molecular formula is C11H12F3N. The lowest BCUT2D eigenvalue weighted by Crippen LogP contribution is -2.27. The van der Waals surface area contributed by atoms with Crippen LogP contribution in [0.15, 0.2) is 12.1 Å². The van der Waals surface area contributed by atoms with Gasteiger partial charge in [0.15, 0.2) is 11.6 Å². The largest absolute Gasteiger partial charge is 0.317 e. The van der Waals surface area contributed by atoms with E-state index in [1.165, 1.54) is 0 Å². The first-order chi connectivity index (χ1) is 7.18. The molecule has 2 rings (SSSR count). The van der Waals surface area contributed by atoms with Crippen molar-refractivity contribution in [2.24, 2.45) is 0 Å². The minimum absolute atomic E-state index is 0.00125. The lowest BCUT2D eigenvalue weighted by molar-refractivity contribution is 0.433. The molecule has 1 N–H and O–H groups in total. The number of nitrogens with one attached hydrogen (secondary N) is 1. The van der Waals surface area contributed by atoms with Gasteiger partial charge < -0.3 is 5.32 Å². The van der Waals surface area contributed by atoms with Crippen molar-refractivity contribution in [3.8, 4) is 0 Å². The molecule has 0 radical (unpaired) electrons. The van der Waals surface area contributed by atoms with Gasteiger partial charge in [0.2, 0.25) is 0 Å². The van der Waals surface area contributed by atoms with E-state index in [1.807, 2.05) is 0 Å². The van der Waals surface area contributed by atoms with Gasteiger partial charge in [0.05, 0.1) is 0 Å². The summed E-state index contributed by atoms with van der Waals surface area (Å²) in [6.45, 7) is 1.59. The van der Waals surface area contributed by atoms with Gasteiger partial charge in [-0.05, 0) is 43.5 Å². The zero-order valence-corrected chi connectivity index (χ0v) is 8.19. The van der Waals surface area contributed by atoms with Crippen LogP contribution in [0.4, 0.5) is 13.2 Å². The Labute approximate surface area is 86.3 Å². The van der Waals surface area contributed by atoms with E-state index in [0.717, 1.165) is 32.0 Å². The number of hydrogen-bond donors (Lipinski definition) is 1. The highest BCUT2D eigenvalue weighted by molar-refractivity contribution is 5.24. The zero-order chi connectivity index (χ0) is 10.8. The third-order valence-electron chi connectivity index (χ3n) is 2.82. The lowest BCUT2D eigenvalue weighted by atomic mass is 9.90. The molecule has 0 unspecified atom stereocenters. The normalized spacial score (nSPS) is 18.1. The van der Waals surface area contributed by atoms with Crippen LogP contribution in [0.3, 0.4) is 0 Å². The van der Waals surface area contributed by atoms with Gasteiger partial charge in [-0.25, -0.2) is 13.2 Å². The molecule has 1 nitrogen and oxygen atoms in total. The van der Waals surface area contributed by atoms with E-state index in [9.17, 15) is 13.2 Å². The first kappa shape index (κ1) is 10.5. The molecule has 0 atom stereocenters. The van der Waals surface area contributed by atoms with Crippen LogP contribution in [0, 0.1) is 17.5 Å². The van der Waals surface area contributed by atoms with Crippen LogP contribution in [0.25, 0.3) is 0 Å². The summed E-state index contributed by atoms with van der Waals surface area (Å²) in [6, 6.07) is 1.62. The topological polar surface area (TPSA) is 12.0 Å². The molecule has 1 heterocycles. The molecule has 0 bridgehead atoms. The fourth-order valence-corrected chi connectivity index (χ4v) is 1.98. The average Bonchev–Trinajstić information content (AvgIpc) is 2.25. The van der Waals surface area contributed by atoms with Gasteiger partial charge in [-0.15, -0.1) is 0 Å². The van der Waals surface area contributed by atoms with Gasteiger partial charge in [-0.2, -0.15) is 0 Å². The van der Waals surface area contributed by atoms with Gasteiger partial charge in [0.1, 0.15) is 5.82 Å². The van der Waals surface area contributed by atoms with E-state index >= 15 is 0 Å². The summed E-state index contributed by atoms with van der Waals surface area (Å²) in [6.07, 6.45) is 1.53. The molecule has 0 amide bonds. The van der Waals surface area contributed by atoms with Gasteiger partial charge in [-0.3, -0.25) is 0 Å². The summed E-state index contributed by atoms with van der Waals surface area (Å²) in [5.41, 5.74) is 0.301. The molecule has 82 valence electrons. The Morgan fingerprint density at radius 1 is 0.933 bits per heavy atom. The third-order valence-corrected chi connectivity index (χ3v) is 2.82. The molecule has 1 aliphatic heterocycles. The maximum atomic E-state index is 13.4. The third kappa shape index (κ3) is 2.15. The van der Waals surface area contributed by atoms with Crippen molar-refractivity contribution in [3.05, 3.63) is 35.1 Å². The van der Waals surface area contributed by atoms with Gasteiger partial charge in [0.25, 0.3) is 0 Å². The number of piperidine rings is 1. The Kier molecular flexibility index (Phi) is 2.95. The molecule has 0 spiro atoms. The molecule has 1 aliphatic rings. The summed E-state index contributed by atoms with van der Waals surface area (Å²) in [5, 5.41) is 3.14. The van der Waals surface area contributed by atoms with Crippen LogP contribution in [0.1, 0.15) is 24.3 Å². The Morgan fingerprint density at radius 3 is 2.20 bits per heavy atom. The molecule has 4 heteroatoms. The van der Waals surface area contributed by atoms with Gasteiger partial charge in [-0.1, -0.05) is 0 Å². The Hall–Kier alpha value is -1.03. The van der Waals surface area contributed by atoms with Crippen LogP contribution >= 0.6 is 0 Å². The highest BCUT2D eigenvalue weighted by atomic mass is 19.2. The molecule has 15 heavy (non-hydrogen) atoms. The number of hydrogen-bond acceptors (Lipinski definition) is 1. The van der Waals surface area contributed by atoms with E-state index in [2.05, 4.69) is 5.32 Å². The second kappa shape index (κ2) is 4.23. The zero-order valence-electron chi connectivity index (χ0n) is 8.19. The van der Waals surface area contributed by atoms with Crippen molar-refractivity contribution >= 4 is 0 Å². The minimum Gasteiger partial charge on any atom is -0.317 e. The van der Waals surface area contributed by atoms with Crippen LogP contribution in [0.5, 0.6) is 0 Å². The maximum absolute atomic E-state index is 13.4. The fraction of sp³-hybridized carbons (Fsp3) is 0.455. The Bertz CT molecular complexity index is 359. The maximum Gasteiger partial charge on any atom is 0.161 e. The van der Waals surface area contributed by atoms with E-state index in [1.54, 1.807) is 0 Å². The first-order valence-electron chi connectivity index (χ1n) is 5.03. The van der Waals surface area contributed by atoms with Gasteiger partial charge in [0, 0.05) is 6.07 Å². The second-order valence-corrected chi connectivity index (χ2v) is 3.81. The molecule has 1 aromatic carbocycles. The second-order valence-electron chi connectivity index (χ2n) is 3.81. The highest BCUT2D eigenvalue weighted by Gasteiger charge is 2.20. The van der Waals surface area contributed by atoms with Crippen LogP contribution < -0.4 is 5.32 Å². The molecule has 1 saturated heterocycles. The van der Waals surface area contributed by atoms with E-state index in [4.69, 9.17) is 0 Å². The molecule has 1 fully saturated rings. The number of rotatable bonds is 1. The summed E-state index contributed by atoms with van der Waals surface area (Å²) < 4.78 is 39.0. The SMILES string of the molecule is Fc1cc(F)c(C2CCNCC2)cc1F. The fourth-order valence-electron chi connectivity index (χ4n) is 1.98. The van der Waals surface area contributed by atoms with Crippen LogP contribution in [0.2, 0.25) is 0 Å². The smallest absolute Gasteiger partial charge is 0.161 e. The summed E-state index contributed by atoms with van der Waals surface area (Å²) in [5.74, 6) is -2.72. The monoisotopic (exact) mass is 215 g/mol. The average molecular weight is 215 g/mol. The molecule has 1 aromatic rings. The van der Waals surface area contributed by atoms with Gasteiger partial charge >= 0.3 is 0 Å². The summed E-state index contributed by atoms with van der Waals surface area (Å²) >= 11 is 0. The lowest BCUT2D eigenvalue weighted by Gasteiger charge is -2.23. The molecule has 0 aromatic heterocycles. The predicted octanol–water partition coefficient (Wildman–Crippen LogP) is 2.57. The standard InChI is InChI=1S/C11H12F3N/c12-9-6-11(14)10(13)5-8(9)7-1-3-15-4-2-7/h5-7,15H,1-4H2.